The Hall–Kier alpha value is -1.86. The second kappa shape index (κ2) is 6.50. The zero-order valence-electron chi connectivity index (χ0n) is 11.8. The summed E-state index contributed by atoms with van der Waals surface area (Å²) in [5, 5.41) is 8.67. The van der Waals surface area contributed by atoms with Crippen molar-refractivity contribution < 1.29 is 32.5 Å². The van der Waals surface area contributed by atoms with Gasteiger partial charge >= 0.3 is 12.1 Å². The summed E-state index contributed by atoms with van der Waals surface area (Å²) in [5.74, 6) is -1.32. The molecule has 1 aromatic carbocycles. The smallest absolute Gasteiger partial charge is 0.416 e. The molecule has 22 heavy (non-hydrogen) atoms. The van der Waals surface area contributed by atoms with Crippen LogP contribution in [0.25, 0.3) is 6.08 Å². The van der Waals surface area contributed by atoms with Gasteiger partial charge in [-0.25, -0.2) is 4.79 Å². The number of epoxide rings is 1. The molecule has 0 amide bonds. The van der Waals surface area contributed by atoms with Crippen molar-refractivity contribution in [1.82, 2.24) is 0 Å². The molecule has 1 saturated heterocycles. The lowest BCUT2D eigenvalue weighted by molar-refractivity contribution is -0.138. The van der Waals surface area contributed by atoms with E-state index in [1.165, 1.54) is 12.1 Å². The van der Waals surface area contributed by atoms with E-state index < -0.39 is 23.8 Å². The number of alkyl halides is 3. The van der Waals surface area contributed by atoms with E-state index in [1.54, 1.807) is 6.92 Å². The van der Waals surface area contributed by atoms with Gasteiger partial charge < -0.3 is 14.6 Å². The molecular formula is C15H15F3O4. The number of carbonyl (C=O) groups is 1. The molecule has 0 saturated carbocycles. The highest BCUT2D eigenvalue weighted by molar-refractivity contribution is 5.86. The van der Waals surface area contributed by atoms with Crippen molar-refractivity contribution in [3.63, 3.8) is 0 Å². The van der Waals surface area contributed by atoms with Crippen LogP contribution in [0.4, 0.5) is 13.2 Å². The molecule has 1 fully saturated rings. The van der Waals surface area contributed by atoms with Crippen molar-refractivity contribution in [1.29, 1.82) is 0 Å². The summed E-state index contributed by atoms with van der Waals surface area (Å²) in [6.07, 6.45) is -3.56. The molecule has 1 aliphatic rings. The average molecular weight is 316 g/mol. The van der Waals surface area contributed by atoms with Gasteiger partial charge in [0.15, 0.2) is 0 Å². The number of carboxylic acids is 1. The lowest BCUT2D eigenvalue weighted by atomic mass is 9.96. The maximum absolute atomic E-state index is 13.1. The van der Waals surface area contributed by atoms with E-state index >= 15 is 0 Å². The fourth-order valence-corrected chi connectivity index (χ4v) is 2.03. The number of hydrogen-bond acceptors (Lipinski definition) is 3. The van der Waals surface area contributed by atoms with E-state index in [4.69, 9.17) is 14.6 Å². The minimum atomic E-state index is -4.58. The van der Waals surface area contributed by atoms with Crippen LogP contribution in [0.15, 0.2) is 24.3 Å². The summed E-state index contributed by atoms with van der Waals surface area (Å²) in [5.41, 5.74) is -0.796. The van der Waals surface area contributed by atoms with Gasteiger partial charge in [0.2, 0.25) is 0 Å². The maximum atomic E-state index is 13.1. The third kappa shape index (κ3) is 4.32. The third-order valence-electron chi connectivity index (χ3n) is 3.21. The Balaban J connectivity index is 2.35. The molecule has 0 radical (unpaired) electrons. The van der Waals surface area contributed by atoms with Crippen LogP contribution in [0, 0.1) is 0 Å². The number of rotatable bonds is 6. The first kappa shape index (κ1) is 16.5. The van der Waals surface area contributed by atoms with E-state index in [1.807, 2.05) is 0 Å². The van der Waals surface area contributed by atoms with Crippen LogP contribution in [-0.4, -0.2) is 30.4 Å². The molecule has 0 bridgehead atoms. The highest BCUT2D eigenvalue weighted by Crippen LogP contribution is 2.36. The monoisotopic (exact) mass is 316 g/mol. The maximum Gasteiger partial charge on any atom is 0.416 e. The van der Waals surface area contributed by atoms with Crippen molar-refractivity contribution >= 4 is 12.0 Å². The number of benzene rings is 1. The number of hydrogen-bond donors (Lipinski definition) is 1. The van der Waals surface area contributed by atoms with E-state index in [0.717, 1.165) is 12.1 Å². The quantitative estimate of drug-likeness (QED) is 0.646. The minimum absolute atomic E-state index is 0.00809. The predicted molar refractivity (Wildman–Crippen MR) is 72.2 cm³/mol. The number of carboxylic acid groups (broad SMARTS) is 1. The molecule has 4 nitrogen and oxygen atoms in total. The van der Waals surface area contributed by atoms with E-state index in [0.29, 0.717) is 19.3 Å². The fourth-order valence-electron chi connectivity index (χ4n) is 2.03. The molecule has 2 rings (SSSR count). The van der Waals surface area contributed by atoms with Crippen molar-refractivity contribution in [3.8, 4) is 0 Å². The largest absolute Gasteiger partial charge is 0.478 e. The Labute approximate surface area is 125 Å². The van der Waals surface area contributed by atoms with E-state index in [9.17, 15) is 18.0 Å². The van der Waals surface area contributed by atoms with Gasteiger partial charge in [-0.05, 0) is 30.2 Å². The fraction of sp³-hybridized carbons (Fsp3) is 0.400. The lowest BCUT2D eigenvalue weighted by Gasteiger charge is -2.19. The van der Waals surface area contributed by atoms with Crippen molar-refractivity contribution in [2.45, 2.75) is 25.3 Å². The first-order valence-electron chi connectivity index (χ1n) is 6.63. The summed E-state index contributed by atoms with van der Waals surface area (Å²) in [6, 6.07) is 3.70. The first-order chi connectivity index (χ1) is 10.3. The van der Waals surface area contributed by atoms with Gasteiger partial charge in [-0.3, -0.25) is 0 Å². The van der Waals surface area contributed by atoms with Crippen molar-refractivity contribution in [2.24, 2.45) is 0 Å². The molecule has 0 aliphatic carbocycles. The second-order valence-corrected chi connectivity index (χ2v) is 4.91. The Morgan fingerprint density at radius 2 is 2.23 bits per heavy atom. The van der Waals surface area contributed by atoms with E-state index in [2.05, 4.69) is 0 Å². The van der Waals surface area contributed by atoms with Gasteiger partial charge in [0.1, 0.15) is 6.10 Å². The van der Waals surface area contributed by atoms with Gasteiger partial charge in [-0.1, -0.05) is 12.1 Å². The van der Waals surface area contributed by atoms with Gasteiger partial charge in [0.25, 0.3) is 0 Å². The first-order valence-corrected chi connectivity index (χ1v) is 6.63. The Morgan fingerprint density at radius 1 is 1.55 bits per heavy atom. The van der Waals surface area contributed by atoms with Crippen LogP contribution in [-0.2, 0) is 20.4 Å². The van der Waals surface area contributed by atoms with Crippen LogP contribution in [0.1, 0.15) is 29.7 Å². The van der Waals surface area contributed by atoms with Crippen LogP contribution in [0.2, 0.25) is 0 Å². The van der Waals surface area contributed by atoms with Gasteiger partial charge in [-0.15, -0.1) is 0 Å². The molecule has 0 spiro atoms. The van der Waals surface area contributed by atoms with E-state index in [-0.39, 0.29) is 17.2 Å². The van der Waals surface area contributed by atoms with Crippen LogP contribution in [0.5, 0.6) is 0 Å². The number of aliphatic carboxylic acids is 1. The molecule has 0 aromatic heterocycles. The molecule has 2 atom stereocenters. The third-order valence-corrected chi connectivity index (χ3v) is 3.21. The molecule has 1 aliphatic heterocycles. The Bertz CT molecular complexity index is 577. The predicted octanol–water partition coefficient (Wildman–Crippen LogP) is 3.28. The Morgan fingerprint density at radius 3 is 2.77 bits per heavy atom. The zero-order valence-corrected chi connectivity index (χ0v) is 11.8. The summed E-state index contributed by atoms with van der Waals surface area (Å²) in [7, 11) is 0. The van der Waals surface area contributed by atoms with Crippen LogP contribution in [0.3, 0.4) is 0 Å². The van der Waals surface area contributed by atoms with Crippen LogP contribution < -0.4 is 0 Å². The molecular weight excluding hydrogens is 301 g/mol. The Kier molecular flexibility index (Phi) is 4.87. The highest BCUT2D eigenvalue weighted by atomic mass is 19.4. The summed E-state index contributed by atoms with van der Waals surface area (Å²) >= 11 is 0. The topological polar surface area (TPSA) is 59.1 Å². The van der Waals surface area contributed by atoms with Crippen molar-refractivity contribution in [3.05, 3.63) is 41.0 Å². The minimum Gasteiger partial charge on any atom is -0.478 e. The van der Waals surface area contributed by atoms with Crippen molar-refractivity contribution in [2.75, 3.05) is 13.2 Å². The summed E-state index contributed by atoms with van der Waals surface area (Å²) in [4.78, 5) is 10.6. The second-order valence-electron chi connectivity index (χ2n) is 4.91. The standard InChI is InChI=1S/C15H15F3O4/c1-9(21-7-10-8-22-10)11-3-2-4-13(15(16,17)18)12(11)5-6-14(19)20/h2-6,9-10H,7-8H2,1H3,(H,19,20)/t9-,10?/m1/s1. The highest BCUT2D eigenvalue weighted by Gasteiger charge is 2.34. The lowest BCUT2D eigenvalue weighted by Crippen LogP contribution is -2.13. The zero-order chi connectivity index (χ0) is 16.3. The van der Waals surface area contributed by atoms with Gasteiger partial charge in [0.05, 0.1) is 24.9 Å². The number of ether oxygens (including phenoxy) is 2. The molecule has 120 valence electrons. The van der Waals surface area contributed by atoms with Crippen LogP contribution >= 0.6 is 0 Å². The normalized spacial score (nSPS) is 19.4. The molecule has 1 heterocycles. The molecule has 1 unspecified atom stereocenters. The number of halogens is 3. The summed E-state index contributed by atoms with van der Waals surface area (Å²) in [6.45, 7) is 2.50. The average Bonchev–Trinajstić information content (AvgIpc) is 3.25. The SMILES string of the molecule is C[C@@H](OCC1CO1)c1cccc(C(F)(F)F)c1C=CC(=O)O. The summed E-state index contributed by atoms with van der Waals surface area (Å²) < 4.78 is 49.8. The molecule has 1 N–H and O–H groups in total. The molecule has 7 heteroatoms. The van der Waals surface area contributed by atoms with Gasteiger partial charge in [0, 0.05) is 6.08 Å². The molecule has 1 aromatic rings. The van der Waals surface area contributed by atoms with Gasteiger partial charge in [-0.2, -0.15) is 13.2 Å².